The molecule has 0 saturated carbocycles. The number of hydrogen-bond donors (Lipinski definition) is 2. The molecule has 132 valence electrons. The molecule has 0 unspecified atom stereocenters. The number of nitrogens with zero attached hydrogens (tertiary/aromatic N) is 2. The lowest BCUT2D eigenvalue weighted by atomic mass is 9.99. The number of aromatic nitrogens is 1. The molecule has 1 aromatic heterocycles. The largest absolute Gasteiger partial charge is 0.313 e. The Hall–Kier alpha value is -2.72. The monoisotopic (exact) mass is 344 g/mol. The molecule has 1 aliphatic rings. The van der Waals surface area contributed by atoms with E-state index in [-0.39, 0.29) is 5.92 Å². The van der Waals surface area contributed by atoms with Crippen molar-refractivity contribution in [1.82, 2.24) is 9.47 Å². The summed E-state index contributed by atoms with van der Waals surface area (Å²) in [7, 11) is 2.18. The van der Waals surface area contributed by atoms with Gasteiger partial charge in [-0.25, -0.2) is 0 Å². The van der Waals surface area contributed by atoms with Gasteiger partial charge in [0, 0.05) is 43.0 Å². The molecule has 2 heterocycles. The highest BCUT2D eigenvalue weighted by Gasteiger charge is 2.24. The van der Waals surface area contributed by atoms with Crippen molar-refractivity contribution in [3.8, 4) is 5.69 Å². The van der Waals surface area contributed by atoms with Crippen molar-refractivity contribution in [3.63, 3.8) is 0 Å². The van der Waals surface area contributed by atoms with Crippen LogP contribution in [0.1, 0.15) is 28.3 Å². The van der Waals surface area contributed by atoms with Crippen LogP contribution in [0.4, 0.5) is 0 Å². The molecule has 0 atom stereocenters. The van der Waals surface area contributed by atoms with Gasteiger partial charge >= 0.3 is 0 Å². The van der Waals surface area contributed by atoms with Gasteiger partial charge in [-0.2, -0.15) is 0 Å². The molecule has 0 saturated heterocycles. The third-order valence-corrected chi connectivity index (χ3v) is 5.39. The summed E-state index contributed by atoms with van der Waals surface area (Å²) in [6.45, 7) is 4.15. The maximum absolute atomic E-state index is 7.73. The second-order valence-corrected chi connectivity index (χ2v) is 7.19. The zero-order valence-corrected chi connectivity index (χ0v) is 15.3. The van der Waals surface area contributed by atoms with Crippen molar-refractivity contribution >= 4 is 23.3 Å². The Bertz CT molecular complexity index is 991. The van der Waals surface area contributed by atoms with E-state index in [1.807, 2.05) is 18.2 Å². The number of fused-ring (bicyclic) bond motifs is 3. The first-order valence-corrected chi connectivity index (χ1v) is 9.06. The Labute approximate surface area is 154 Å². The molecule has 2 aromatic carbocycles. The van der Waals surface area contributed by atoms with Gasteiger partial charge in [-0.1, -0.05) is 29.8 Å². The average Bonchev–Trinajstić information content (AvgIpc) is 2.96. The summed E-state index contributed by atoms with van der Waals surface area (Å²) in [6.07, 6.45) is 3.71. The van der Waals surface area contributed by atoms with Crippen LogP contribution in [0.3, 0.4) is 0 Å². The molecule has 2 N–H and O–H groups in total. The first-order chi connectivity index (χ1) is 12.6. The lowest BCUT2D eigenvalue weighted by molar-refractivity contribution is 0.311. The van der Waals surface area contributed by atoms with Crippen molar-refractivity contribution in [2.45, 2.75) is 25.8 Å². The Balaban J connectivity index is 2.05. The van der Waals surface area contributed by atoms with Gasteiger partial charge in [0.25, 0.3) is 0 Å². The predicted octanol–water partition coefficient (Wildman–Crippen LogP) is 4.31. The number of likely N-dealkylation sites (N-methyl/N-ethyl adjacent to an activating group) is 1. The van der Waals surface area contributed by atoms with Crippen LogP contribution in [-0.2, 0) is 13.0 Å². The van der Waals surface area contributed by atoms with Gasteiger partial charge < -0.3 is 20.3 Å². The van der Waals surface area contributed by atoms with Crippen molar-refractivity contribution < 1.29 is 0 Å². The quantitative estimate of drug-likeness (QED) is 0.681. The minimum Gasteiger partial charge on any atom is -0.313 e. The number of aryl methyl sites for hydroxylation is 1. The molecular formula is C22H24N4. The molecule has 0 spiro atoms. The zero-order chi connectivity index (χ0) is 18.3. The highest BCUT2D eigenvalue weighted by atomic mass is 15.1. The van der Waals surface area contributed by atoms with Crippen LogP contribution in [0.2, 0.25) is 0 Å². The summed E-state index contributed by atoms with van der Waals surface area (Å²) in [4.78, 5) is 2.37. The first kappa shape index (κ1) is 16.7. The molecule has 0 bridgehead atoms. The van der Waals surface area contributed by atoms with Crippen molar-refractivity contribution in [2.24, 2.45) is 0 Å². The molecule has 0 fully saturated rings. The Morgan fingerprint density at radius 1 is 1.08 bits per heavy atom. The number of rotatable bonds is 4. The highest BCUT2D eigenvalue weighted by molar-refractivity contribution is 5.91. The van der Waals surface area contributed by atoms with Gasteiger partial charge in [0.05, 0.1) is 17.1 Å². The summed E-state index contributed by atoms with van der Waals surface area (Å²) < 4.78 is 2.37. The fraction of sp³-hybridized carbons (Fsp3) is 0.273. The van der Waals surface area contributed by atoms with Gasteiger partial charge in [0.15, 0.2) is 0 Å². The number of hydrogen-bond acceptors (Lipinski definition) is 3. The second kappa shape index (κ2) is 6.54. The van der Waals surface area contributed by atoms with Gasteiger partial charge in [0.1, 0.15) is 0 Å². The standard InChI is InChI=1S/C22H24N4/c1-15-7-8-21-18(11-15)19-14-25(2)10-9-22(19)26(21)20-6-4-3-5-17(20)16(12-23)13-24/h3-8,11-13,16,23-24H,9-10,14H2,1-2H3. The van der Waals surface area contributed by atoms with Gasteiger partial charge in [-0.3, -0.25) is 0 Å². The van der Waals surface area contributed by atoms with Crippen LogP contribution < -0.4 is 0 Å². The summed E-state index contributed by atoms with van der Waals surface area (Å²) >= 11 is 0. The minimum atomic E-state index is -0.295. The first-order valence-electron chi connectivity index (χ1n) is 9.06. The fourth-order valence-corrected chi connectivity index (χ4v) is 4.08. The third kappa shape index (κ3) is 2.58. The molecule has 4 rings (SSSR count). The molecule has 3 aromatic rings. The lowest BCUT2D eigenvalue weighted by Gasteiger charge is -2.25. The van der Waals surface area contributed by atoms with Crippen LogP contribution in [0.5, 0.6) is 0 Å². The topological polar surface area (TPSA) is 55.9 Å². The Morgan fingerprint density at radius 2 is 1.85 bits per heavy atom. The average molecular weight is 344 g/mol. The molecule has 4 heteroatoms. The smallest absolute Gasteiger partial charge is 0.0553 e. The van der Waals surface area contributed by atoms with Crippen LogP contribution >= 0.6 is 0 Å². The molecular weight excluding hydrogens is 320 g/mol. The number of para-hydroxylation sites is 1. The van der Waals surface area contributed by atoms with Crippen molar-refractivity contribution in [1.29, 1.82) is 10.8 Å². The summed E-state index contributed by atoms with van der Waals surface area (Å²) in [5.41, 5.74) is 7.37. The van der Waals surface area contributed by atoms with Crippen LogP contribution in [0.25, 0.3) is 16.6 Å². The van der Waals surface area contributed by atoms with Crippen molar-refractivity contribution in [2.75, 3.05) is 13.6 Å². The minimum absolute atomic E-state index is 0.295. The van der Waals surface area contributed by atoms with E-state index in [1.54, 1.807) is 0 Å². The maximum Gasteiger partial charge on any atom is 0.0553 e. The molecule has 26 heavy (non-hydrogen) atoms. The highest BCUT2D eigenvalue weighted by Crippen LogP contribution is 2.35. The fourth-order valence-electron chi connectivity index (χ4n) is 4.08. The van der Waals surface area contributed by atoms with Gasteiger partial charge in [-0.15, -0.1) is 0 Å². The van der Waals surface area contributed by atoms with Crippen LogP contribution in [0.15, 0.2) is 42.5 Å². The van der Waals surface area contributed by atoms with E-state index in [0.717, 1.165) is 30.8 Å². The van der Waals surface area contributed by atoms with Crippen molar-refractivity contribution in [3.05, 3.63) is 64.8 Å². The van der Waals surface area contributed by atoms with E-state index < -0.39 is 0 Å². The van der Waals surface area contributed by atoms with E-state index >= 15 is 0 Å². The molecule has 1 aliphatic heterocycles. The third-order valence-electron chi connectivity index (χ3n) is 5.39. The van der Waals surface area contributed by atoms with E-state index in [1.165, 1.54) is 40.2 Å². The maximum atomic E-state index is 7.73. The summed E-state index contributed by atoms with van der Waals surface area (Å²) in [6, 6.07) is 14.9. The second-order valence-electron chi connectivity index (χ2n) is 7.19. The van der Waals surface area contributed by atoms with Crippen LogP contribution in [-0.4, -0.2) is 35.5 Å². The zero-order valence-electron chi connectivity index (χ0n) is 15.3. The normalized spacial score (nSPS) is 15.6. The number of benzene rings is 2. The number of nitrogens with one attached hydrogen (secondary N) is 2. The van der Waals surface area contributed by atoms with E-state index in [2.05, 4.69) is 47.7 Å². The van der Waals surface area contributed by atoms with E-state index in [0.29, 0.717) is 0 Å². The van der Waals surface area contributed by atoms with Crippen LogP contribution in [0, 0.1) is 17.7 Å². The molecule has 4 nitrogen and oxygen atoms in total. The lowest BCUT2D eigenvalue weighted by Crippen LogP contribution is -2.27. The van der Waals surface area contributed by atoms with E-state index in [9.17, 15) is 0 Å². The predicted molar refractivity (Wildman–Crippen MR) is 108 cm³/mol. The van der Waals surface area contributed by atoms with E-state index in [4.69, 9.17) is 10.8 Å². The molecule has 0 amide bonds. The Morgan fingerprint density at radius 3 is 2.62 bits per heavy atom. The summed E-state index contributed by atoms with van der Waals surface area (Å²) in [5.74, 6) is -0.295. The molecule has 0 aliphatic carbocycles. The van der Waals surface area contributed by atoms with Gasteiger partial charge in [0.2, 0.25) is 0 Å². The summed E-state index contributed by atoms with van der Waals surface area (Å²) in [5, 5.41) is 16.8. The Kier molecular flexibility index (Phi) is 4.21. The SMILES string of the molecule is Cc1ccc2c(c1)c1c(n2-c2ccccc2C(C=N)C=N)CCN(C)C1. The van der Waals surface area contributed by atoms with Gasteiger partial charge in [-0.05, 0) is 43.3 Å². The molecule has 0 radical (unpaired) electrons.